The lowest BCUT2D eigenvalue weighted by atomic mass is 10.1. The molecule has 22 heavy (non-hydrogen) atoms. The van der Waals surface area contributed by atoms with Crippen molar-refractivity contribution in [3.8, 4) is 0 Å². The first-order valence-electron chi connectivity index (χ1n) is 8.84. The lowest BCUT2D eigenvalue weighted by molar-refractivity contribution is -0.135. The summed E-state index contributed by atoms with van der Waals surface area (Å²) < 4.78 is 0. The van der Waals surface area contributed by atoms with E-state index in [1.807, 2.05) is 9.80 Å². The molecule has 1 unspecified atom stereocenters. The highest BCUT2D eigenvalue weighted by molar-refractivity contribution is 5.78. The van der Waals surface area contributed by atoms with Gasteiger partial charge in [-0.1, -0.05) is 6.92 Å². The third-order valence-electron chi connectivity index (χ3n) is 5.01. The van der Waals surface area contributed by atoms with E-state index in [-0.39, 0.29) is 11.8 Å². The normalized spacial score (nSPS) is 23.6. The molecule has 0 aliphatic carbocycles. The standard InChI is InChI=1S/C17H31N3O2/c1-4-15-13-19(11-12-20(15)14(2)3)17(22)8-6-10-18-9-5-7-16(18)21/h14-15H,4-13H2,1-3H3. The Labute approximate surface area is 134 Å². The molecule has 2 aliphatic heterocycles. The number of carbonyl (C=O) groups excluding carboxylic acids is 2. The van der Waals surface area contributed by atoms with Gasteiger partial charge in [-0.15, -0.1) is 0 Å². The van der Waals surface area contributed by atoms with Crippen molar-refractivity contribution in [1.82, 2.24) is 14.7 Å². The molecule has 2 fully saturated rings. The molecule has 0 spiro atoms. The Hall–Kier alpha value is -1.10. The van der Waals surface area contributed by atoms with Gasteiger partial charge in [-0.05, 0) is 33.1 Å². The number of hydrogen-bond donors (Lipinski definition) is 0. The molecular weight excluding hydrogens is 278 g/mol. The molecule has 0 radical (unpaired) electrons. The number of piperazine rings is 1. The zero-order chi connectivity index (χ0) is 16.1. The summed E-state index contributed by atoms with van der Waals surface area (Å²) in [5, 5.41) is 0. The molecule has 2 saturated heterocycles. The highest BCUT2D eigenvalue weighted by Gasteiger charge is 2.29. The fourth-order valence-corrected chi connectivity index (χ4v) is 3.66. The van der Waals surface area contributed by atoms with E-state index < -0.39 is 0 Å². The predicted molar refractivity (Wildman–Crippen MR) is 87.5 cm³/mol. The van der Waals surface area contributed by atoms with Gasteiger partial charge in [0.15, 0.2) is 0 Å². The van der Waals surface area contributed by atoms with Crippen molar-refractivity contribution >= 4 is 11.8 Å². The minimum Gasteiger partial charge on any atom is -0.343 e. The van der Waals surface area contributed by atoms with Crippen LogP contribution in [0.1, 0.15) is 52.9 Å². The Morgan fingerprint density at radius 3 is 2.64 bits per heavy atom. The molecule has 0 bridgehead atoms. The van der Waals surface area contributed by atoms with E-state index in [1.54, 1.807) is 0 Å². The van der Waals surface area contributed by atoms with Gasteiger partial charge < -0.3 is 9.80 Å². The SMILES string of the molecule is CCC1CN(C(=O)CCCN2CCCC2=O)CCN1C(C)C. The average molecular weight is 309 g/mol. The Morgan fingerprint density at radius 2 is 2.05 bits per heavy atom. The van der Waals surface area contributed by atoms with Gasteiger partial charge in [0.1, 0.15) is 0 Å². The Bertz CT molecular complexity index is 397. The van der Waals surface area contributed by atoms with Crippen molar-refractivity contribution in [3.63, 3.8) is 0 Å². The van der Waals surface area contributed by atoms with E-state index in [2.05, 4.69) is 25.7 Å². The molecule has 0 saturated carbocycles. The molecule has 2 heterocycles. The van der Waals surface area contributed by atoms with Gasteiger partial charge in [0, 0.05) is 57.6 Å². The lowest BCUT2D eigenvalue weighted by Gasteiger charge is -2.43. The van der Waals surface area contributed by atoms with Crippen LogP contribution in [0.25, 0.3) is 0 Å². The molecule has 0 aromatic heterocycles. The minimum atomic E-state index is 0.254. The number of carbonyl (C=O) groups is 2. The van der Waals surface area contributed by atoms with Gasteiger partial charge in [0.2, 0.25) is 11.8 Å². The monoisotopic (exact) mass is 309 g/mol. The number of nitrogens with zero attached hydrogens (tertiary/aromatic N) is 3. The van der Waals surface area contributed by atoms with Crippen molar-refractivity contribution in [1.29, 1.82) is 0 Å². The molecule has 2 aliphatic rings. The van der Waals surface area contributed by atoms with Crippen LogP contribution in [0.3, 0.4) is 0 Å². The smallest absolute Gasteiger partial charge is 0.222 e. The maximum absolute atomic E-state index is 12.4. The quantitative estimate of drug-likeness (QED) is 0.750. The van der Waals surface area contributed by atoms with Gasteiger partial charge in [0.25, 0.3) is 0 Å². The van der Waals surface area contributed by atoms with Crippen LogP contribution >= 0.6 is 0 Å². The van der Waals surface area contributed by atoms with Crippen LogP contribution in [0, 0.1) is 0 Å². The fraction of sp³-hybridized carbons (Fsp3) is 0.882. The zero-order valence-electron chi connectivity index (χ0n) is 14.4. The zero-order valence-corrected chi connectivity index (χ0v) is 14.4. The summed E-state index contributed by atoms with van der Waals surface area (Å²) in [6.07, 6.45) is 4.11. The molecule has 5 heteroatoms. The molecule has 5 nitrogen and oxygen atoms in total. The highest BCUT2D eigenvalue weighted by Crippen LogP contribution is 2.17. The van der Waals surface area contributed by atoms with Crippen LogP contribution in [-0.4, -0.2) is 71.3 Å². The molecule has 126 valence electrons. The van der Waals surface area contributed by atoms with E-state index >= 15 is 0 Å². The molecule has 2 amide bonds. The van der Waals surface area contributed by atoms with Gasteiger partial charge in [-0.2, -0.15) is 0 Å². The van der Waals surface area contributed by atoms with E-state index in [0.717, 1.165) is 52.0 Å². The maximum Gasteiger partial charge on any atom is 0.222 e. The summed E-state index contributed by atoms with van der Waals surface area (Å²) in [7, 11) is 0. The maximum atomic E-state index is 12.4. The first-order valence-corrected chi connectivity index (χ1v) is 8.84. The largest absolute Gasteiger partial charge is 0.343 e. The number of likely N-dealkylation sites (tertiary alicyclic amines) is 1. The summed E-state index contributed by atoms with van der Waals surface area (Å²) >= 11 is 0. The van der Waals surface area contributed by atoms with Crippen molar-refractivity contribution in [2.75, 3.05) is 32.7 Å². The first kappa shape index (κ1) is 17.3. The fourth-order valence-electron chi connectivity index (χ4n) is 3.66. The van der Waals surface area contributed by atoms with Crippen LogP contribution in [0.2, 0.25) is 0 Å². The van der Waals surface area contributed by atoms with Gasteiger partial charge in [0.05, 0.1) is 0 Å². The third-order valence-corrected chi connectivity index (χ3v) is 5.01. The molecule has 1 atom stereocenters. The third kappa shape index (κ3) is 4.22. The predicted octanol–water partition coefficient (Wildman–Crippen LogP) is 1.72. The van der Waals surface area contributed by atoms with Crippen LogP contribution in [0.5, 0.6) is 0 Å². The topological polar surface area (TPSA) is 43.9 Å². The van der Waals surface area contributed by atoms with E-state index in [9.17, 15) is 9.59 Å². The summed E-state index contributed by atoms with van der Waals surface area (Å²) in [6, 6.07) is 1.03. The lowest BCUT2D eigenvalue weighted by Crippen LogP contribution is -2.56. The second kappa shape index (κ2) is 7.95. The second-order valence-electron chi connectivity index (χ2n) is 6.82. The minimum absolute atomic E-state index is 0.254. The van der Waals surface area contributed by atoms with Crippen molar-refractivity contribution in [2.24, 2.45) is 0 Å². The average Bonchev–Trinajstić information content (AvgIpc) is 2.91. The summed E-state index contributed by atoms with van der Waals surface area (Å²) in [5.74, 6) is 0.512. The van der Waals surface area contributed by atoms with Crippen molar-refractivity contribution in [2.45, 2.75) is 65.0 Å². The Balaban J connectivity index is 1.74. The molecule has 0 N–H and O–H groups in total. The number of hydrogen-bond acceptors (Lipinski definition) is 3. The Morgan fingerprint density at radius 1 is 1.27 bits per heavy atom. The van der Waals surface area contributed by atoms with Gasteiger partial charge >= 0.3 is 0 Å². The summed E-state index contributed by atoms with van der Waals surface area (Å²) in [6.45, 7) is 11.0. The molecular formula is C17H31N3O2. The second-order valence-corrected chi connectivity index (χ2v) is 6.82. The molecule has 2 rings (SSSR count). The first-order chi connectivity index (χ1) is 10.5. The van der Waals surface area contributed by atoms with E-state index in [0.29, 0.717) is 24.9 Å². The summed E-state index contributed by atoms with van der Waals surface area (Å²) in [5.41, 5.74) is 0. The van der Waals surface area contributed by atoms with Crippen molar-refractivity contribution < 1.29 is 9.59 Å². The van der Waals surface area contributed by atoms with Gasteiger partial charge in [-0.25, -0.2) is 0 Å². The molecule has 0 aromatic carbocycles. The number of rotatable bonds is 6. The van der Waals surface area contributed by atoms with Crippen LogP contribution in [0.4, 0.5) is 0 Å². The van der Waals surface area contributed by atoms with Crippen molar-refractivity contribution in [3.05, 3.63) is 0 Å². The highest BCUT2D eigenvalue weighted by atomic mass is 16.2. The van der Waals surface area contributed by atoms with E-state index in [1.165, 1.54) is 0 Å². The summed E-state index contributed by atoms with van der Waals surface area (Å²) in [4.78, 5) is 30.4. The van der Waals surface area contributed by atoms with Crippen LogP contribution < -0.4 is 0 Å². The Kier molecular flexibility index (Phi) is 6.24. The number of amides is 2. The van der Waals surface area contributed by atoms with E-state index in [4.69, 9.17) is 0 Å². The van der Waals surface area contributed by atoms with Crippen LogP contribution in [0.15, 0.2) is 0 Å². The molecule has 0 aromatic rings. The van der Waals surface area contributed by atoms with Crippen LogP contribution in [-0.2, 0) is 9.59 Å². The van der Waals surface area contributed by atoms with Gasteiger partial charge in [-0.3, -0.25) is 14.5 Å².